The first-order chi connectivity index (χ1) is 8.99. The zero-order valence-electron chi connectivity index (χ0n) is 11.9. The van der Waals surface area contributed by atoms with Crippen molar-refractivity contribution in [1.82, 2.24) is 10.6 Å². The first kappa shape index (κ1) is 16.0. The van der Waals surface area contributed by atoms with Crippen LogP contribution in [0.3, 0.4) is 0 Å². The highest BCUT2D eigenvalue weighted by molar-refractivity contribution is 6.30. The number of benzene rings is 1. The number of nitrogens with one attached hydrogen (secondary N) is 2. The van der Waals surface area contributed by atoms with Gasteiger partial charge in [0.1, 0.15) is 0 Å². The highest BCUT2D eigenvalue weighted by atomic mass is 35.5. The summed E-state index contributed by atoms with van der Waals surface area (Å²) in [6.45, 7) is 7.05. The van der Waals surface area contributed by atoms with Gasteiger partial charge in [0.2, 0.25) is 5.91 Å². The van der Waals surface area contributed by atoms with Crippen LogP contribution in [0.25, 0.3) is 0 Å². The standard InChI is InChI=1S/C15H23ClN2O/c1-11(2)17-10-4-5-15(19)18-12(3)13-6-8-14(16)9-7-13/h6-9,11-12,17H,4-5,10H2,1-3H3,(H,18,19). The zero-order chi connectivity index (χ0) is 14.3. The fraction of sp³-hybridized carbons (Fsp3) is 0.533. The molecule has 0 aromatic heterocycles. The molecule has 0 aliphatic rings. The van der Waals surface area contributed by atoms with Gasteiger partial charge in [0, 0.05) is 17.5 Å². The molecule has 19 heavy (non-hydrogen) atoms. The summed E-state index contributed by atoms with van der Waals surface area (Å²) in [6.07, 6.45) is 1.41. The minimum Gasteiger partial charge on any atom is -0.350 e. The summed E-state index contributed by atoms with van der Waals surface area (Å²) in [6, 6.07) is 8.04. The molecule has 1 aromatic carbocycles. The van der Waals surface area contributed by atoms with Crippen LogP contribution >= 0.6 is 11.6 Å². The molecular weight excluding hydrogens is 260 g/mol. The molecule has 0 saturated carbocycles. The largest absolute Gasteiger partial charge is 0.350 e. The summed E-state index contributed by atoms with van der Waals surface area (Å²) in [5, 5.41) is 7.00. The van der Waals surface area contributed by atoms with E-state index in [2.05, 4.69) is 24.5 Å². The summed E-state index contributed by atoms with van der Waals surface area (Å²) in [5.74, 6) is 0.0907. The summed E-state index contributed by atoms with van der Waals surface area (Å²) in [4.78, 5) is 11.8. The van der Waals surface area contributed by atoms with E-state index in [1.54, 1.807) is 0 Å². The van der Waals surface area contributed by atoms with Gasteiger partial charge in [0.15, 0.2) is 0 Å². The van der Waals surface area contributed by atoms with Crippen molar-refractivity contribution in [2.75, 3.05) is 6.54 Å². The van der Waals surface area contributed by atoms with Crippen LogP contribution < -0.4 is 10.6 Å². The van der Waals surface area contributed by atoms with Crippen molar-refractivity contribution in [1.29, 1.82) is 0 Å². The lowest BCUT2D eigenvalue weighted by Gasteiger charge is -2.14. The minimum absolute atomic E-state index is 0.0165. The number of amides is 1. The molecule has 1 unspecified atom stereocenters. The summed E-state index contributed by atoms with van der Waals surface area (Å²) in [5.41, 5.74) is 1.07. The van der Waals surface area contributed by atoms with Crippen molar-refractivity contribution in [3.63, 3.8) is 0 Å². The Bertz CT molecular complexity index is 390. The third-order valence-corrected chi connectivity index (χ3v) is 3.13. The van der Waals surface area contributed by atoms with E-state index in [0.717, 1.165) is 18.5 Å². The summed E-state index contributed by atoms with van der Waals surface area (Å²) in [7, 11) is 0. The van der Waals surface area contributed by atoms with Gasteiger partial charge in [-0.25, -0.2) is 0 Å². The highest BCUT2D eigenvalue weighted by Gasteiger charge is 2.09. The van der Waals surface area contributed by atoms with Crippen LogP contribution in [-0.4, -0.2) is 18.5 Å². The number of carbonyl (C=O) groups is 1. The van der Waals surface area contributed by atoms with E-state index in [4.69, 9.17) is 11.6 Å². The summed E-state index contributed by atoms with van der Waals surface area (Å²) < 4.78 is 0. The van der Waals surface area contributed by atoms with Crippen LogP contribution in [0.2, 0.25) is 5.02 Å². The molecule has 1 amide bonds. The Labute approximate surface area is 120 Å². The molecule has 0 spiro atoms. The number of hydrogen-bond acceptors (Lipinski definition) is 2. The molecule has 0 heterocycles. The van der Waals surface area contributed by atoms with Gasteiger partial charge in [-0.05, 0) is 37.6 Å². The predicted octanol–water partition coefficient (Wildman–Crippen LogP) is 3.30. The second kappa shape index (κ2) is 8.18. The highest BCUT2D eigenvalue weighted by Crippen LogP contribution is 2.16. The molecule has 3 nitrogen and oxygen atoms in total. The topological polar surface area (TPSA) is 41.1 Å². The Morgan fingerprint density at radius 2 is 1.84 bits per heavy atom. The van der Waals surface area contributed by atoms with E-state index >= 15 is 0 Å². The molecule has 4 heteroatoms. The maximum absolute atomic E-state index is 11.8. The average Bonchev–Trinajstić information content (AvgIpc) is 2.35. The van der Waals surface area contributed by atoms with Gasteiger partial charge in [-0.15, -0.1) is 0 Å². The number of carbonyl (C=O) groups excluding carboxylic acids is 1. The molecule has 2 N–H and O–H groups in total. The van der Waals surface area contributed by atoms with E-state index in [-0.39, 0.29) is 11.9 Å². The SMILES string of the molecule is CC(C)NCCCC(=O)NC(C)c1ccc(Cl)cc1. The molecule has 1 aromatic rings. The maximum Gasteiger partial charge on any atom is 0.220 e. The van der Waals surface area contributed by atoms with Crippen LogP contribution in [0.4, 0.5) is 0 Å². The minimum atomic E-state index is 0.0165. The molecule has 0 fully saturated rings. The lowest BCUT2D eigenvalue weighted by molar-refractivity contribution is -0.121. The number of rotatable bonds is 7. The van der Waals surface area contributed by atoms with Crippen LogP contribution in [-0.2, 0) is 4.79 Å². The fourth-order valence-corrected chi connectivity index (χ4v) is 1.91. The second-order valence-corrected chi connectivity index (χ2v) is 5.49. The molecule has 1 rings (SSSR count). The van der Waals surface area contributed by atoms with Gasteiger partial charge in [-0.1, -0.05) is 37.6 Å². The molecule has 0 saturated heterocycles. The second-order valence-electron chi connectivity index (χ2n) is 5.05. The van der Waals surface area contributed by atoms with E-state index in [1.165, 1.54) is 0 Å². The molecule has 106 valence electrons. The van der Waals surface area contributed by atoms with Gasteiger partial charge < -0.3 is 10.6 Å². The van der Waals surface area contributed by atoms with E-state index in [0.29, 0.717) is 17.5 Å². The van der Waals surface area contributed by atoms with E-state index in [9.17, 15) is 4.79 Å². The zero-order valence-corrected chi connectivity index (χ0v) is 12.6. The molecule has 0 radical (unpaired) electrons. The lowest BCUT2D eigenvalue weighted by atomic mass is 10.1. The number of halogens is 1. The normalized spacial score (nSPS) is 12.5. The van der Waals surface area contributed by atoms with Crippen molar-refractivity contribution in [3.05, 3.63) is 34.9 Å². The Morgan fingerprint density at radius 3 is 2.42 bits per heavy atom. The van der Waals surface area contributed by atoms with Crippen molar-refractivity contribution < 1.29 is 4.79 Å². The van der Waals surface area contributed by atoms with Crippen LogP contribution in [0.1, 0.15) is 45.2 Å². The van der Waals surface area contributed by atoms with Gasteiger partial charge in [0.25, 0.3) is 0 Å². The van der Waals surface area contributed by atoms with Crippen molar-refractivity contribution >= 4 is 17.5 Å². The average molecular weight is 283 g/mol. The Morgan fingerprint density at radius 1 is 1.21 bits per heavy atom. The lowest BCUT2D eigenvalue weighted by Crippen LogP contribution is -2.28. The molecule has 1 atom stereocenters. The maximum atomic E-state index is 11.8. The molecule has 0 aliphatic carbocycles. The smallest absolute Gasteiger partial charge is 0.220 e. The number of hydrogen-bond donors (Lipinski definition) is 2. The quantitative estimate of drug-likeness (QED) is 0.754. The first-order valence-electron chi connectivity index (χ1n) is 6.77. The third kappa shape index (κ3) is 6.60. The van der Waals surface area contributed by atoms with E-state index in [1.807, 2.05) is 31.2 Å². The van der Waals surface area contributed by atoms with Crippen molar-refractivity contribution in [2.45, 2.75) is 45.7 Å². The first-order valence-corrected chi connectivity index (χ1v) is 7.15. The fourth-order valence-electron chi connectivity index (χ4n) is 1.79. The van der Waals surface area contributed by atoms with Crippen LogP contribution in [0.15, 0.2) is 24.3 Å². The molecule has 0 bridgehead atoms. The van der Waals surface area contributed by atoms with Crippen LogP contribution in [0, 0.1) is 0 Å². The monoisotopic (exact) mass is 282 g/mol. The van der Waals surface area contributed by atoms with Crippen molar-refractivity contribution in [2.24, 2.45) is 0 Å². The van der Waals surface area contributed by atoms with Gasteiger partial charge >= 0.3 is 0 Å². The van der Waals surface area contributed by atoms with Crippen LogP contribution in [0.5, 0.6) is 0 Å². The molecule has 0 aliphatic heterocycles. The van der Waals surface area contributed by atoms with Gasteiger partial charge in [-0.2, -0.15) is 0 Å². The summed E-state index contributed by atoms with van der Waals surface area (Å²) >= 11 is 5.84. The Balaban J connectivity index is 2.29. The van der Waals surface area contributed by atoms with Gasteiger partial charge in [-0.3, -0.25) is 4.79 Å². The predicted molar refractivity (Wildman–Crippen MR) is 80.4 cm³/mol. The Kier molecular flexibility index (Phi) is 6.89. The van der Waals surface area contributed by atoms with E-state index < -0.39 is 0 Å². The molecular formula is C15H23ClN2O. The Hall–Kier alpha value is -1.06. The third-order valence-electron chi connectivity index (χ3n) is 2.88. The van der Waals surface area contributed by atoms with Crippen molar-refractivity contribution in [3.8, 4) is 0 Å². The van der Waals surface area contributed by atoms with Gasteiger partial charge in [0.05, 0.1) is 6.04 Å².